The summed E-state index contributed by atoms with van der Waals surface area (Å²) in [5, 5.41) is 17.4. The molecule has 0 saturated heterocycles. The van der Waals surface area contributed by atoms with Crippen molar-refractivity contribution in [2.24, 2.45) is 46.3 Å². The quantitative estimate of drug-likeness (QED) is 0.235. The van der Waals surface area contributed by atoms with Gasteiger partial charge in [0.15, 0.2) is 0 Å². The van der Waals surface area contributed by atoms with E-state index in [1.54, 1.807) is 24.3 Å². The monoisotopic (exact) mass is 599 g/mol. The van der Waals surface area contributed by atoms with Crippen LogP contribution in [-0.2, 0) is 11.3 Å². The molecule has 6 rings (SSSR count). The Hall–Kier alpha value is -2.86. The highest BCUT2D eigenvalue weighted by Crippen LogP contribution is 2.68. The molecule has 6 nitrogen and oxygen atoms in total. The fourth-order valence-corrected chi connectivity index (χ4v) is 10.7. The molecule has 44 heavy (non-hydrogen) atoms. The van der Waals surface area contributed by atoms with Gasteiger partial charge in [-0.1, -0.05) is 57.9 Å². The minimum absolute atomic E-state index is 0.0839. The van der Waals surface area contributed by atoms with Gasteiger partial charge < -0.3 is 21.5 Å². The van der Waals surface area contributed by atoms with Gasteiger partial charge in [-0.3, -0.25) is 9.59 Å². The van der Waals surface area contributed by atoms with Gasteiger partial charge >= 0.3 is 0 Å². The summed E-state index contributed by atoms with van der Waals surface area (Å²) < 4.78 is 0. The Morgan fingerprint density at radius 1 is 0.955 bits per heavy atom. The molecule has 5 N–H and O–H groups in total. The number of amides is 2. The number of benzene rings is 2. The predicted octanol–water partition coefficient (Wildman–Crippen LogP) is 7.57. The molecule has 2 aromatic rings. The maximum absolute atomic E-state index is 12.9. The zero-order chi connectivity index (χ0) is 31.1. The van der Waals surface area contributed by atoms with E-state index < -0.39 is 0 Å². The van der Waals surface area contributed by atoms with Gasteiger partial charge in [-0.25, -0.2) is 0 Å². The number of nitrogen functional groups attached to an aromatic ring is 1. The molecule has 4 aliphatic carbocycles. The van der Waals surface area contributed by atoms with Crippen LogP contribution in [0.4, 0.5) is 11.4 Å². The van der Waals surface area contributed by atoms with E-state index in [9.17, 15) is 14.7 Å². The maximum atomic E-state index is 12.9. The topological polar surface area (TPSA) is 104 Å². The Morgan fingerprint density at radius 3 is 2.48 bits per heavy atom. The molecule has 238 valence electrons. The van der Waals surface area contributed by atoms with Gasteiger partial charge in [0, 0.05) is 18.5 Å². The molecule has 6 heteroatoms. The molecular weight excluding hydrogens is 546 g/mol. The summed E-state index contributed by atoms with van der Waals surface area (Å²) in [7, 11) is 0. The van der Waals surface area contributed by atoms with Crippen LogP contribution in [0.2, 0.25) is 0 Å². The summed E-state index contributed by atoms with van der Waals surface area (Å²) in [5.41, 5.74) is 9.27. The van der Waals surface area contributed by atoms with Crippen LogP contribution in [0.25, 0.3) is 0 Å². The molecule has 2 amide bonds. The van der Waals surface area contributed by atoms with Gasteiger partial charge in [0.05, 0.1) is 17.5 Å². The fourth-order valence-electron chi connectivity index (χ4n) is 10.7. The molecule has 0 aliphatic heterocycles. The normalized spacial score (nSPS) is 35.1. The number of anilines is 2. The van der Waals surface area contributed by atoms with Crippen LogP contribution in [-0.4, -0.2) is 23.0 Å². The average molecular weight is 600 g/mol. The van der Waals surface area contributed by atoms with Gasteiger partial charge in [0.1, 0.15) is 0 Å². The molecular formula is C38H53N3O3. The number of nitrogens with one attached hydrogen (secondary N) is 2. The number of hydrogen-bond acceptors (Lipinski definition) is 4. The molecule has 0 radical (unpaired) electrons. The Bertz CT molecular complexity index is 1340. The summed E-state index contributed by atoms with van der Waals surface area (Å²) >= 11 is 0. The number of para-hydroxylation sites is 2. The smallest absolute Gasteiger partial charge is 0.255 e. The van der Waals surface area contributed by atoms with E-state index in [0.717, 1.165) is 18.4 Å². The summed E-state index contributed by atoms with van der Waals surface area (Å²) in [6, 6.07) is 14.5. The largest absolute Gasteiger partial charge is 0.397 e. The zero-order valence-corrected chi connectivity index (χ0v) is 27.0. The van der Waals surface area contributed by atoms with E-state index >= 15 is 0 Å². The molecule has 2 aromatic carbocycles. The molecule has 4 fully saturated rings. The molecule has 0 bridgehead atoms. The van der Waals surface area contributed by atoms with Crippen LogP contribution < -0.4 is 16.4 Å². The van der Waals surface area contributed by atoms with Crippen molar-refractivity contribution in [2.75, 3.05) is 11.1 Å². The number of rotatable bonds is 8. The second-order valence-electron chi connectivity index (χ2n) is 15.3. The highest BCUT2D eigenvalue weighted by Gasteiger charge is 2.62. The minimum atomic E-state index is -0.214. The zero-order valence-electron chi connectivity index (χ0n) is 27.0. The van der Waals surface area contributed by atoms with Crippen LogP contribution in [0.3, 0.4) is 0 Å². The number of aliphatic hydroxyl groups excluding tert-OH is 1. The first-order valence-electron chi connectivity index (χ1n) is 17.3. The van der Waals surface area contributed by atoms with E-state index in [1.807, 2.05) is 24.3 Å². The van der Waals surface area contributed by atoms with Crippen molar-refractivity contribution in [3.63, 3.8) is 0 Å². The minimum Gasteiger partial charge on any atom is -0.397 e. The second-order valence-corrected chi connectivity index (χ2v) is 15.3. The number of nitrogens with two attached hydrogens (primary N) is 1. The Balaban J connectivity index is 0.992. The maximum Gasteiger partial charge on any atom is 0.255 e. The van der Waals surface area contributed by atoms with E-state index in [4.69, 9.17) is 5.73 Å². The van der Waals surface area contributed by atoms with Crippen LogP contribution >= 0.6 is 0 Å². The van der Waals surface area contributed by atoms with Crippen molar-refractivity contribution in [1.29, 1.82) is 0 Å². The van der Waals surface area contributed by atoms with Crippen molar-refractivity contribution in [3.05, 3.63) is 59.7 Å². The molecule has 4 aliphatic rings. The summed E-state index contributed by atoms with van der Waals surface area (Å²) in [6.07, 6.45) is 12.7. The first kappa shape index (κ1) is 31.1. The summed E-state index contributed by atoms with van der Waals surface area (Å²) in [4.78, 5) is 25.5. The van der Waals surface area contributed by atoms with E-state index in [1.165, 1.54) is 51.4 Å². The van der Waals surface area contributed by atoms with Crippen LogP contribution in [0, 0.1) is 46.3 Å². The molecule has 8 unspecified atom stereocenters. The first-order chi connectivity index (χ1) is 21.1. The van der Waals surface area contributed by atoms with Crippen molar-refractivity contribution < 1.29 is 14.7 Å². The Labute approximate surface area is 264 Å². The number of aliphatic hydroxyl groups is 1. The SMILES string of the molecule is C[C@H](CCC(=O)NCc1ccc(C(=O)Nc2ccccc2N)cc1)C1CCC2C3C(O)CC4CCCCC4(C)C3CCC21C. The Morgan fingerprint density at radius 2 is 1.70 bits per heavy atom. The number of fused-ring (bicyclic) bond motifs is 5. The highest BCUT2D eigenvalue weighted by molar-refractivity contribution is 6.05. The van der Waals surface area contributed by atoms with E-state index in [0.29, 0.717) is 70.8 Å². The molecule has 0 spiro atoms. The number of carbonyl (C=O) groups excluding carboxylic acids is 2. The third-order valence-electron chi connectivity index (χ3n) is 13.1. The van der Waals surface area contributed by atoms with Gasteiger partial charge in [0.25, 0.3) is 5.91 Å². The average Bonchev–Trinajstić information content (AvgIpc) is 3.37. The molecule has 9 atom stereocenters. The van der Waals surface area contributed by atoms with Gasteiger partial charge in [-0.2, -0.15) is 0 Å². The van der Waals surface area contributed by atoms with E-state index in [2.05, 4.69) is 31.4 Å². The van der Waals surface area contributed by atoms with Crippen LogP contribution in [0.15, 0.2) is 48.5 Å². The fraction of sp³-hybridized carbons (Fsp3) is 0.632. The standard InChI is InChI=1S/C38H53N3O3/c1-24(11-18-34(43)40-23-25-12-14-26(15-13-25)36(44)41-32-10-5-4-9-31(32)39)28-16-17-29-35-30(19-21-38(28,29)3)37(2)20-7-6-8-27(37)22-33(35)42/h4-5,9-10,12-15,24,27-30,33,35,42H,6-8,11,16-23,39H2,1-3H3,(H,40,43)(H,41,44)/t24-,27?,28?,29?,30?,33?,35?,37?,38?/m1/s1. The van der Waals surface area contributed by atoms with Gasteiger partial charge in [0.2, 0.25) is 5.91 Å². The lowest BCUT2D eigenvalue weighted by Crippen LogP contribution is -2.57. The molecule has 0 aromatic heterocycles. The third-order valence-corrected chi connectivity index (χ3v) is 13.1. The highest BCUT2D eigenvalue weighted by atomic mass is 16.3. The van der Waals surface area contributed by atoms with Crippen molar-refractivity contribution in [1.82, 2.24) is 5.32 Å². The van der Waals surface area contributed by atoms with Crippen molar-refractivity contribution in [2.45, 2.75) is 104 Å². The first-order valence-corrected chi connectivity index (χ1v) is 17.3. The lowest BCUT2D eigenvalue weighted by atomic mass is 9.44. The van der Waals surface area contributed by atoms with Crippen LogP contribution in [0.5, 0.6) is 0 Å². The number of carbonyl (C=O) groups is 2. The lowest BCUT2D eigenvalue weighted by Gasteiger charge is -2.62. The third kappa shape index (κ3) is 5.79. The Kier molecular flexibility index (Phi) is 8.85. The second kappa shape index (κ2) is 12.5. The summed E-state index contributed by atoms with van der Waals surface area (Å²) in [5.74, 6) is 3.45. The summed E-state index contributed by atoms with van der Waals surface area (Å²) in [6.45, 7) is 7.91. The van der Waals surface area contributed by atoms with Crippen LogP contribution in [0.1, 0.15) is 107 Å². The molecule has 0 heterocycles. The van der Waals surface area contributed by atoms with E-state index in [-0.39, 0.29) is 23.3 Å². The van der Waals surface area contributed by atoms with Gasteiger partial charge in [-0.15, -0.1) is 0 Å². The lowest BCUT2D eigenvalue weighted by molar-refractivity contribution is -0.164. The van der Waals surface area contributed by atoms with Gasteiger partial charge in [-0.05, 0) is 128 Å². The molecule has 4 saturated carbocycles. The van der Waals surface area contributed by atoms with Crippen molar-refractivity contribution >= 4 is 23.2 Å². The predicted molar refractivity (Wildman–Crippen MR) is 177 cm³/mol. The number of hydrogen-bond donors (Lipinski definition) is 4. The van der Waals surface area contributed by atoms with Crippen molar-refractivity contribution in [3.8, 4) is 0 Å².